The molecule has 57 heavy (non-hydrogen) atoms. The molecule has 0 aliphatic carbocycles. The van der Waals surface area contributed by atoms with Crippen molar-refractivity contribution in [3.8, 4) is 0 Å². The highest BCUT2D eigenvalue weighted by Crippen LogP contribution is 2.43. The van der Waals surface area contributed by atoms with Gasteiger partial charge < -0.3 is 40.9 Å². The summed E-state index contributed by atoms with van der Waals surface area (Å²) in [6.45, 7) is 0.958. The van der Waals surface area contributed by atoms with Crippen LogP contribution >= 0.6 is 35.7 Å². The first kappa shape index (κ1) is 47.9. The van der Waals surface area contributed by atoms with Gasteiger partial charge in [-0.2, -0.15) is 0 Å². The molecular formula is C38H42O16S3. The highest BCUT2D eigenvalue weighted by atomic mass is 32.2. The van der Waals surface area contributed by atoms with Gasteiger partial charge in [0.05, 0.1) is 29.1 Å². The molecule has 0 fully saturated rings. The summed E-state index contributed by atoms with van der Waals surface area (Å²) in [6.07, 6.45) is -1.36. The highest BCUT2D eigenvalue weighted by Gasteiger charge is 2.53. The summed E-state index contributed by atoms with van der Waals surface area (Å²) in [7, 11) is 0. The van der Waals surface area contributed by atoms with Gasteiger partial charge in [-0.15, -0.1) is 0 Å². The topological polar surface area (TPSA) is 298 Å². The number of aliphatic carboxylic acids is 8. The van der Waals surface area contributed by atoms with E-state index in [0.717, 1.165) is 12.5 Å². The number of carboxylic acids is 8. The monoisotopic (exact) mass is 850 g/mol. The molecule has 0 heterocycles. The Morgan fingerprint density at radius 3 is 1.61 bits per heavy atom. The molecule has 2 rings (SSSR count). The fourth-order valence-electron chi connectivity index (χ4n) is 6.09. The van der Waals surface area contributed by atoms with Gasteiger partial charge in [0.15, 0.2) is 0 Å². The summed E-state index contributed by atoms with van der Waals surface area (Å²) in [4.78, 5) is 98.6. The van der Waals surface area contributed by atoms with Crippen LogP contribution < -0.4 is 0 Å². The molecule has 0 aliphatic rings. The van der Waals surface area contributed by atoms with Crippen LogP contribution in [0.25, 0.3) is 0 Å². The van der Waals surface area contributed by atoms with Crippen molar-refractivity contribution in [2.75, 3.05) is 0 Å². The number of hydrogen-bond acceptors (Lipinski definition) is 11. The van der Waals surface area contributed by atoms with Gasteiger partial charge in [0, 0.05) is 5.57 Å². The van der Waals surface area contributed by atoms with Gasteiger partial charge in [-0.25, -0.2) is 4.79 Å². The van der Waals surface area contributed by atoms with E-state index in [4.69, 9.17) is 12.2 Å². The van der Waals surface area contributed by atoms with Gasteiger partial charge in [-0.05, 0) is 69.1 Å². The van der Waals surface area contributed by atoms with Gasteiger partial charge >= 0.3 is 47.8 Å². The number of carbonyl (C=O) groups is 8. The quantitative estimate of drug-likeness (QED) is 0.0482. The zero-order chi connectivity index (χ0) is 43.0. The molecule has 0 saturated heterocycles. The maximum Gasteiger partial charge on any atom is 0.331 e. The lowest BCUT2D eigenvalue weighted by atomic mass is 9.70. The molecule has 2 aromatic rings. The number of thioether (sulfide) groups is 2. The third-order valence-electron chi connectivity index (χ3n) is 9.35. The first-order valence-electron chi connectivity index (χ1n) is 17.2. The molecule has 0 amide bonds. The summed E-state index contributed by atoms with van der Waals surface area (Å²) >= 11 is 5.54. The molecule has 16 nitrogen and oxygen atoms in total. The normalized spacial score (nSPS) is 15.7. The average molecular weight is 851 g/mol. The minimum Gasteiger partial charge on any atom is -0.481 e. The average Bonchev–Trinajstić information content (AvgIpc) is 3.13. The molecule has 7 unspecified atom stereocenters. The van der Waals surface area contributed by atoms with E-state index in [1.807, 2.05) is 0 Å². The van der Waals surface area contributed by atoms with E-state index < -0.39 is 116 Å². The molecule has 0 saturated carbocycles. The van der Waals surface area contributed by atoms with Gasteiger partial charge in [-0.3, -0.25) is 33.6 Å². The predicted molar refractivity (Wildman–Crippen MR) is 210 cm³/mol. The third-order valence-corrected chi connectivity index (χ3v) is 12.2. The molecule has 0 spiro atoms. The van der Waals surface area contributed by atoms with Gasteiger partial charge in [-0.1, -0.05) is 96.4 Å². The second kappa shape index (κ2) is 22.5. The minimum atomic E-state index is -2.39. The number of thiocarbonyl (C=S) groups is 1. The second-order valence-electron chi connectivity index (χ2n) is 13.3. The van der Waals surface area contributed by atoms with E-state index >= 15 is 0 Å². The summed E-state index contributed by atoms with van der Waals surface area (Å²) in [5, 5.41) is 75.9. The smallest absolute Gasteiger partial charge is 0.331 e. The Morgan fingerprint density at radius 2 is 1.18 bits per heavy atom. The van der Waals surface area contributed by atoms with E-state index in [1.54, 1.807) is 60.7 Å². The van der Waals surface area contributed by atoms with Crippen molar-refractivity contribution >= 4 is 87.0 Å². The molecule has 8 N–H and O–H groups in total. The summed E-state index contributed by atoms with van der Waals surface area (Å²) in [6, 6.07) is 17.1. The zero-order valence-corrected chi connectivity index (χ0v) is 32.8. The second-order valence-corrected chi connectivity index (χ2v) is 16.8. The van der Waals surface area contributed by atoms with Gasteiger partial charge in [0.1, 0.15) is 14.0 Å². The fourth-order valence-corrected chi connectivity index (χ4v) is 8.95. The van der Waals surface area contributed by atoms with Crippen molar-refractivity contribution in [3.63, 3.8) is 0 Å². The first-order chi connectivity index (χ1) is 26.7. The lowest BCUT2D eigenvalue weighted by molar-refractivity contribution is -0.165. The summed E-state index contributed by atoms with van der Waals surface area (Å²) in [5.74, 6) is -19.3. The molecule has 7 atom stereocenters. The lowest BCUT2D eigenvalue weighted by Gasteiger charge is -2.35. The van der Waals surface area contributed by atoms with Crippen molar-refractivity contribution < 1.29 is 79.2 Å². The molecule has 0 aliphatic heterocycles. The van der Waals surface area contributed by atoms with Crippen molar-refractivity contribution in [2.45, 2.75) is 62.4 Å². The van der Waals surface area contributed by atoms with E-state index in [2.05, 4.69) is 0 Å². The number of aryl methyl sites for hydroxylation is 1. The van der Waals surface area contributed by atoms with Crippen LogP contribution in [0, 0.1) is 29.1 Å². The van der Waals surface area contributed by atoms with Crippen LogP contribution in [0.2, 0.25) is 0 Å². The number of hydrogen-bond donors (Lipinski definition) is 8. The van der Waals surface area contributed by atoms with Crippen molar-refractivity contribution in [3.05, 3.63) is 83.4 Å². The van der Waals surface area contributed by atoms with Crippen LogP contribution in [0.3, 0.4) is 0 Å². The number of benzene rings is 2. The van der Waals surface area contributed by atoms with Crippen LogP contribution in [-0.4, -0.2) is 103 Å². The van der Waals surface area contributed by atoms with Gasteiger partial charge in [0.25, 0.3) is 0 Å². The molecule has 0 bridgehead atoms. The van der Waals surface area contributed by atoms with Crippen molar-refractivity contribution in [2.24, 2.45) is 29.1 Å². The molecule has 308 valence electrons. The predicted octanol–water partition coefficient (Wildman–Crippen LogP) is 4.99. The zero-order valence-electron chi connectivity index (χ0n) is 30.3. The Hall–Kier alpha value is -5.27. The van der Waals surface area contributed by atoms with E-state index in [1.165, 1.54) is 0 Å². The van der Waals surface area contributed by atoms with E-state index in [0.29, 0.717) is 11.6 Å². The first-order valence-corrected chi connectivity index (χ1v) is 19.3. The number of carboxylic acid groups (broad SMARTS) is 8. The van der Waals surface area contributed by atoms with Crippen molar-refractivity contribution in [1.29, 1.82) is 0 Å². The standard InChI is InChI=1S/C38H42O16S3/c1-38(36(53)54,15-14-23(30(41)42)16-21-10-6-3-7-11-21)27(34(49)50)28(35(51)52)57-37(55)56-26(33(47)48)19-25(32(45)46)18-24(31(43)44)17-22(29(39)40)13-12-20-8-4-2-5-9-20/h2-11,19,22-24,26-28H,12-18H2,1H3,(H,39,40)(H,41,42)(H,43,44)(H,45,46)(H,47,48)(H,49,50)(H,51,52)(H,53,54)/b25-19-. The maximum atomic E-state index is 12.6. The minimum absolute atomic E-state index is 0.0190. The Bertz CT molecular complexity index is 1830. The fraction of sp³-hybridized carbons (Fsp3) is 0.395. The molecule has 0 aromatic heterocycles. The highest BCUT2D eigenvalue weighted by molar-refractivity contribution is 8.47. The van der Waals surface area contributed by atoms with Crippen molar-refractivity contribution in [1.82, 2.24) is 0 Å². The van der Waals surface area contributed by atoms with Gasteiger partial charge in [0.2, 0.25) is 0 Å². The van der Waals surface area contributed by atoms with Crippen LogP contribution in [0.1, 0.15) is 50.2 Å². The lowest BCUT2D eigenvalue weighted by Crippen LogP contribution is -2.48. The Balaban J connectivity index is 2.35. The molecule has 19 heteroatoms. The summed E-state index contributed by atoms with van der Waals surface area (Å²) in [5.41, 5.74) is -1.74. The molecule has 2 aromatic carbocycles. The molecular weight excluding hydrogens is 809 g/mol. The maximum absolute atomic E-state index is 12.6. The number of rotatable bonds is 25. The third kappa shape index (κ3) is 15.0. The Morgan fingerprint density at radius 1 is 0.649 bits per heavy atom. The van der Waals surface area contributed by atoms with Crippen LogP contribution in [0.5, 0.6) is 0 Å². The van der Waals surface area contributed by atoms with Crippen LogP contribution in [0.15, 0.2) is 72.3 Å². The molecule has 0 radical (unpaired) electrons. The Kier molecular flexibility index (Phi) is 18.9. The van der Waals surface area contributed by atoms with Crippen LogP contribution in [0.4, 0.5) is 0 Å². The van der Waals surface area contributed by atoms with E-state index in [-0.39, 0.29) is 49.2 Å². The SMILES string of the molecule is CC(CCC(Cc1ccccc1)C(=O)O)(C(=O)O)C(C(=O)O)C(SC(=S)SC(/C=C(/CC(CC(CCc1ccccc1)C(=O)O)C(=O)O)C(=O)O)C(=O)O)C(=O)O. The van der Waals surface area contributed by atoms with Crippen LogP contribution in [-0.2, 0) is 51.2 Å². The largest absolute Gasteiger partial charge is 0.481 e. The Labute approximate surface area is 340 Å². The summed E-state index contributed by atoms with van der Waals surface area (Å²) < 4.78 is -0.552. The van der Waals surface area contributed by atoms with E-state index in [9.17, 15) is 79.2 Å².